The molecule has 6 rings (SSSR count). The molecule has 0 atom stereocenters. The van der Waals surface area contributed by atoms with Gasteiger partial charge in [0.1, 0.15) is 17.2 Å². The Morgan fingerprint density at radius 2 is 0.532 bits per heavy atom. The van der Waals surface area contributed by atoms with Crippen LogP contribution in [0.5, 0.6) is 17.2 Å². The van der Waals surface area contributed by atoms with Crippen LogP contribution in [0.25, 0.3) is 33.4 Å². The lowest BCUT2D eigenvalue weighted by molar-refractivity contribution is 0.298. The predicted octanol–water partition coefficient (Wildman–Crippen LogP) is 12.0. The van der Waals surface area contributed by atoms with Crippen molar-refractivity contribution >= 4 is 7.82 Å². The third-order valence-corrected chi connectivity index (χ3v) is 9.60. The monoisotopic (exact) mass is 638 g/mol. The minimum Gasteiger partial charge on any atom is -0.386 e. The summed E-state index contributed by atoms with van der Waals surface area (Å²) < 4.78 is 32.4. The van der Waals surface area contributed by atoms with E-state index < -0.39 is 7.82 Å². The Balaban J connectivity index is 1.24. The molecule has 0 aliphatic carbocycles. The fraction of sp³-hybridized carbons (Fsp3) is 0.143. The summed E-state index contributed by atoms with van der Waals surface area (Å²) in [7, 11) is -4.18. The minimum atomic E-state index is -4.18. The van der Waals surface area contributed by atoms with Crippen LogP contribution in [0.15, 0.2) is 146 Å². The van der Waals surface area contributed by atoms with Gasteiger partial charge in [-0.1, -0.05) is 130 Å². The predicted molar refractivity (Wildman–Crippen MR) is 193 cm³/mol. The standard InChI is InChI=1S/C42H39O4P/c1-4-31-7-13-34(14-8-31)37-19-25-40(26-20-37)44-47(43,45-41-27-21-38(22-28-41)35-15-9-32(5-2)10-16-35)46-42-29-23-39(24-30-42)36-17-11-33(6-3)12-18-36/h7-30H,4-6H2,1-3H3. The second-order valence-corrected chi connectivity index (χ2v) is 12.9. The topological polar surface area (TPSA) is 44.8 Å². The van der Waals surface area contributed by atoms with Crippen molar-refractivity contribution < 1.29 is 18.1 Å². The van der Waals surface area contributed by atoms with Crippen molar-refractivity contribution in [3.63, 3.8) is 0 Å². The SMILES string of the molecule is CCc1ccc(-c2ccc(OP(=O)(Oc3ccc(-c4ccc(CC)cc4)cc3)Oc3ccc(-c4ccc(CC)cc4)cc3)cc2)cc1. The van der Waals surface area contributed by atoms with Gasteiger partial charge in [0.2, 0.25) is 0 Å². The largest absolute Gasteiger partial charge is 0.647 e. The van der Waals surface area contributed by atoms with Crippen molar-refractivity contribution in [2.45, 2.75) is 40.0 Å². The molecular weight excluding hydrogens is 599 g/mol. The molecule has 0 bridgehead atoms. The number of rotatable bonds is 12. The van der Waals surface area contributed by atoms with E-state index in [1.165, 1.54) is 16.7 Å². The van der Waals surface area contributed by atoms with E-state index in [0.29, 0.717) is 17.2 Å². The van der Waals surface area contributed by atoms with Gasteiger partial charge in [-0.25, -0.2) is 0 Å². The molecule has 236 valence electrons. The Morgan fingerprint density at radius 1 is 0.340 bits per heavy atom. The van der Waals surface area contributed by atoms with Gasteiger partial charge in [0.25, 0.3) is 0 Å². The molecule has 0 N–H and O–H groups in total. The Hall–Kier alpha value is -5.05. The molecule has 6 aromatic carbocycles. The highest BCUT2D eigenvalue weighted by Crippen LogP contribution is 2.50. The quantitative estimate of drug-likeness (QED) is 0.125. The fourth-order valence-electron chi connectivity index (χ4n) is 5.37. The summed E-state index contributed by atoms with van der Waals surface area (Å²) in [5.74, 6) is 1.13. The maximum Gasteiger partial charge on any atom is 0.647 e. The number of hydrogen-bond acceptors (Lipinski definition) is 4. The first-order valence-electron chi connectivity index (χ1n) is 16.2. The molecule has 5 heteroatoms. The molecule has 0 aliphatic rings. The van der Waals surface area contributed by atoms with Crippen LogP contribution in [-0.2, 0) is 23.8 Å². The molecule has 4 nitrogen and oxygen atoms in total. The van der Waals surface area contributed by atoms with E-state index in [2.05, 4.69) is 93.6 Å². The van der Waals surface area contributed by atoms with Crippen molar-refractivity contribution in [1.29, 1.82) is 0 Å². The smallest absolute Gasteiger partial charge is 0.386 e. The van der Waals surface area contributed by atoms with Crippen LogP contribution in [0.2, 0.25) is 0 Å². The molecule has 0 fully saturated rings. The highest BCUT2D eigenvalue weighted by Gasteiger charge is 2.33. The highest BCUT2D eigenvalue weighted by atomic mass is 31.2. The highest BCUT2D eigenvalue weighted by molar-refractivity contribution is 7.49. The van der Waals surface area contributed by atoms with Crippen molar-refractivity contribution in [2.75, 3.05) is 0 Å². The van der Waals surface area contributed by atoms with Crippen molar-refractivity contribution in [2.24, 2.45) is 0 Å². The third kappa shape index (κ3) is 8.03. The Kier molecular flexibility index (Phi) is 9.90. The van der Waals surface area contributed by atoms with Gasteiger partial charge in [0.05, 0.1) is 0 Å². The van der Waals surface area contributed by atoms with Gasteiger partial charge in [-0.2, -0.15) is 4.57 Å². The molecule has 47 heavy (non-hydrogen) atoms. The molecule has 0 aromatic heterocycles. The van der Waals surface area contributed by atoms with Gasteiger partial charge in [-0.15, -0.1) is 0 Å². The summed E-state index contributed by atoms with van der Waals surface area (Å²) in [6, 6.07) is 47.8. The van der Waals surface area contributed by atoms with Crippen LogP contribution < -0.4 is 13.6 Å². The third-order valence-electron chi connectivity index (χ3n) is 8.30. The van der Waals surface area contributed by atoms with Crippen LogP contribution in [0.4, 0.5) is 0 Å². The molecule has 6 aromatic rings. The van der Waals surface area contributed by atoms with Gasteiger partial charge in [0.15, 0.2) is 0 Å². The lowest BCUT2D eigenvalue weighted by Crippen LogP contribution is -2.07. The average molecular weight is 639 g/mol. The first-order valence-corrected chi connectivity index (χ1v) is 17.7. The molecule has 0 radical (unpaired) electrons. The second kappa shape index (κ2) is 14.6. The second-order valence-electron chi connectivity index (χ2n) is 11.4. The van der Waals surface area contributed by atoms with Gasteiger partial charge in [-0.3, -0.25) is 0 Å². The summed E-state index contributed by atoms with van der Waals surface area (Å²) in [6.45, 7) is 6.42. The summed E-state index contributed by atoms with van der Waals surface area (Å²) in [5.41, 5.74) is 10.2. The van der Waals surface area contributed by atoms with Gasteiger partial charge >= 0.3 is 7.82 Å². The van der Waals surface area contributed by atoms with E-state index in [1.54, 1.807) is 36.4 Å². The summed E-state index contributed by atoms with van der Waals surface area (Å²) in [6.07, 6.45) is 2.98. The molecular formula is C42H39O4P. The number of hydrogen-bond donors (Lipinski definition) is 0. The minimum absolute atomic E-state index is 0.377. The van der Waals surface area contributed by atoms with E-state index in [-0.39, 0.29) is 0 Å². The van der Waals surface area contributed by atoms with Crippen molar-refractivity contribution in [3.05, 3.63) is 162 Å². The Bertz CT molecular complexity index is 1700. The van der Waals surface area contributed by atoms with Crippen LogP contribution in [0.1, 0.15) is 37.5 Å². The number of benzene rings is 6. The maximum absolute atomic E-state index is 14.3. The molecule has 0 spiro atoms. The average Bonchev–Trinajstić information content (AvgIpc) is 3.12. The fourth-order valence-corrected chi connectivity index (χ4v) is 6.62. The number of phosphoric ester groups is 1. The van der Waals surface area contributed by atoms with E-state index in [4.69, 9.17) is 13.6 Å². The van der Waals surface area contributed by atoms with Crippen molar-refractivity contribution in [3.8, 4) is 50.6 Å². The zero-order valence-electron chi connectivity index (χ0n) is 27.1. The van der Waals surface area contributed by atoms with E-state index in [0.717, 1.165) is 52.6 Å². The number of aryl methyl sites for hydroxylation is 3. The van der Waals surface area contributed by atoms with Gasteiger partial charge < -0.3 is 13.6 Å². The first kappa shape index (κ1) is 31.9. The maximum atomic E-state index is 14.3. The Labute approximate surface area is 278 Å². The summed E-state index contributed by atoms with van der Waals surface area (Å²) >= 11 is 0. The molecule has 0 saturated heterocycles. The van der Waals surface area contributed by atoms with E-state index in [9.17, 15) is 4.57 Å². The van der Waals surface area contributed by atoms with Gasteiger partial charge in [-0.05, 0) is 106 Å². The first-order chi connectivity index (χ1) is 22.9. The van der Waals surface area contributed by atoms with Crippen LogP contribution >= 0.6 is 7.82 Å². The van der Waals surface area contributed by atoms with Crippen LogP contribution in [0, 0.1) is 0 Å². The van der Waals surface area contributed by atoms with E-state index >= 15 is 0 Å². The molecule has 0 amide bonds. The van der Waals surface area contributed by atoms with Gasteiger partial charge in [0, 0.05) is 0 Å². The molecule has 0 saturated carbocycles. The zero-order chi connectivity index (χ0) is 32.6. The van der Waals surface area contributed by atoms with Crippen LogP contribution in [-0.4, -0.2) is 0 Å². The zero-order valence-corrected chi connectivity index (χ0v) is 28.0. The molecule has 0 unspecified atom stereocenters. The van der Waals surface area contributed by atoms with Crippen LogP contribution in [0.3, 0.4) is 0 Å². The molecule has 0 aliphatic heterocycles. The number of phosphoric acid groups is 1. The lowest BCUT2D eigenvalue weighted by Gasteiger charge is -2.20. The summed E-state index contributed by atoms with van der Waals surface area (Å²) in [4.78, 5) is 0. The molecule has 0 heterocycles. The van der Waals surface area contributed by atoms with E-state index in [1.807, 2.05) is 36.4 Å². The summed E-state index contributed by atoms with van der Waals surface area (Å²) in [5, 5.41) is 0. The van der Waals surface area contributed by atoms with Crippen molar-refractivity contribution in [1.82, 2.24) is 0 Å². The normalized spacial score (nSPS) is 11.2. The Morgan fingerprint density at radius 3 is 0.723 bits per heavy atom. The lowest BCUT2D eigenvalue weighted by atomic mass is 10.0.